The van der Waals surface area contributed by atoms with Gasteiger partial charge in [0.25, 0.3) is 0 Å². The summed E-state index contributed by atoms with van der Waals surface area (Å²) in [7, 11) is 0. The fourth-order valence-corrected chi connectivity index (χ4v) is 3.37. The van der Waals surface area contributed by atoms with Crippen molar-refractivity contribution in [1.29, 1.82) is 0 Å². The van der Waals surface area contributed by atoms with Crippen LogP contribution in [0.5, 0.6) is 0 Å². The van der Waals surface area contributed by atoms with Crippen LogP contribution >= 0.6 is 24.6 Å². The molecule has 0 spiro atoms. The molecule has 0 radical (unpaired) electrons. The number of nitrogens with one attached hydrogen (secondary N) is 2. The van der Waals surface area contributed by atoms with E-state index in [-0.39, 0.29) is 35.7 Å². The molecule has 158 valence electrons. The Labute approximate surface area is 189 Å². The Morgan fingerprint density at radius 1 is 1.06 bits per heavy atom. The number of rotatable bonds is 4. The SMILES string of the molecule is Cl.Nc1nccc2c1ccn2-c1ccc(NC(=S)NC(=O)Cc2ccc(F)cc2)cc1. The van der Waals surface area contributed by atoms with Crippen molar-refractivity contribution in [2.45, 2.75) is 6.42 Å². The van der Waals surface area contributed by atoms with E-state index >= 15 is 0 Å². The van der Waals surface area contributed by atoms with Crippen LogP contribution in [0.1, 0.15) is 5.56 Å². The number of aromatic nitrogens is 2. The Kier molecular flexibility index (Phi) is 6.84. The van der Waals surface area contributed by atoms with Crippen LogP contribution in [-0.2, 0) is 11.2 Å². The third-order valence-electron chi connectivity index (χ3n) is 4.58. The molecule has 2 aromatic heterocycles. The van der Waals surface area contributed by atoms with Crippen molar-refractivity contribution < 1.29 is 9.18 Å². The summed E-state index contributed by atoms with van der Waals surface area (Å²) in [6.45, 7) is 0. The van der Waals surface area contributed by atoms with Crippen LogP contribution in [0.15, 0.2) is 73.1 Å². The molecule has 2 heterocycles. The maximum absolute atomic E-state index is 12.9. The fraction of sp³-hybridized carbons (Fsp3) is 0.0455. The van der Waals surface area contributed by atoms with Gasteiger partial charge in [0.1, 0.15) is 11.6 Å². The molecule has 0 aliphatic carbocycles. The van der Waals surface area contributed by atoms with Gasteiger partial charge >= 0.3 is 0 Å². The molecule has 4 aromatic rings. The minimum absolute atomic E-state index is 0. The van der Waals surface area contributed by atoms with Gasteiger partial charge in [-0.2, -0.15) is 0 Å². The molecule has 4 N–H and O–H groups in total. The highest BCUT2D eigenvalue weighted by Crippen LogP contribution is 2.24. The van der Waals surface area contributed by atoms with E-state index in [9.17, 15) is 9.18 Å². The summed E-state index contributed by atoms with van der Waals surface area (Å²) in [5.74, 6) is -0.125. The number of hydrogen-bond acceptors (Lipinski definition) is 4. The summed E-state index contributed by atoms with van der Waals surface area (Å²) in [5.41, 5.74) is 9.28. The van der Waals surface area contributed by atoms with Crippen LogP contribution in [-0.4, -0.2) is 20.6 Å². The molecule has 9 heteroatoms. The molecule has 1 amide bonds. The molecule has 6 nitrogen and oxygen atoms in total. The van der Waals surface area contributed by atoms with Crippen LogP contribution in [0.25, 0.3) is 16.6 Å². The molecule has 0 unspecified atom stereocenters. The van der Waals surface area contributed by atoms with E-state index in [4.69, 9.17) is 18.0 Å². The van der Waals surface area contributed by atoms with Gasteiger partial charge in [-0.15, -0.1) is 12.4 Å². The highest BCUT2D eigenvalue weighted by molar-refractivity contribution is 7.80. The van der Waals surface area contributed by atoms with E-state index in [0.717, 1.165) is 22.3 Å². The van der Waals surface area contributed by atoms with Gasteiger partial charge in [0.15, 0.2) is 5.11 Å². The molecular formula is C22H19ClFN5OS. The largest absolute Gasteiger partial charge is 0.383 e. The molecule has 0 fully saturated rings. The van der Waals surface area contributed by atoms with Gasteiger partial charge in [0.2, 0.25) is 5.91 Å². The normalized spacial score (nSPS) is 10.4. The van der Waals surface area contributed by atoms with Crippen molar-refractivity contribution >= 4 is 58.1 Å². The van der Waals surface area contributed by atoms with Crippen molar-refractivity contribution in [2.24, 2.45) is 0 Å². The molecule has 2 aromatic carbocycles. The van der Waals surface area contributed by atoms with Gasteiger partial charge in [-0.1, -0.05) is 12.1 Å². The first-order chi connectivity index (χ1) is 14.5. The Bertz CT molecular complexity index is 1230. The number of fused-ring (bicyclic) bond motifs is 1. The van der Waals surface area contributed by atoms with Gasteiger partial charge in [0, 0.05) is 29.2 Å². The average Bonchev–Trinajstić information content (AvgIpc) is 3.16. The monoisotopic (exact) mass is 455 g/mol. The number of carbonyl (C=O) groups is 1. The summed E-state index contributed by atoms with van der Waals surface area (Å²) in [5, 5.41) is 6.70. The zero-order valence-corrected chi connectivity index (χ0v) is 17.8. The third kappa shape index (κ3) is 5.17. The Morgan fingerprint density at radius 3 is 2.48 bits per heavy atom. The molecule has 31 heavy (non-hydrogen) atoms. The van der Waals surface area contributed by atoms with Crippen molar-refractivity contribution in [1.82, 2.24) is 14.9 Å². The summed E-state index contributed by atoms with van der Waals surface area (Å²) >= 11 is 5.21. The number of hydrogen-bond donors (Lipinski definition) is 3. The lowest BCUT2D eigenvalue weighted by Crippen LogP contribution is -2.35. The maximum Gasteiger partial charge on any atom is 0.230 e. The van der Waals surface area contributed by atoms with E-state index in [0.29, 0.717) is 11.4 Å². The topological polar surface area (TPSA) is 85.0 Å². The molecule has 0 aliphatic heterocycles. The number of thiocarbonyl (C=S) groups is 1. The Balaban J connectivity index is 0.00000272. The predicted octanol–water partition coefficient (Wildman–Crippen LogP) is 4.22. The quantitative estimate of drug-likeness (QED) is 0.401. The first-order valence-electron chi connectivity index (χ1n) is 9.17. The summed E-state index contributed by atoms with van der Waals surface area (Å²) in [6.07, 6.45) is 3.72. The molecule has 4 rings (SSSR count). The number of nitrogens with two attached hydrogens (primary N) is 1. The zero-order chi connectivity index (χ0) is 21.1. The van der Waals surface area contributed by atoms with Gasteiger partial charge < -0.3 is 20.9 Å². The van der Waals surface area contributed by atoms with E-state index in [1.54, 1.807) is 18.3 Å². The molecule has 0 saturated heterocycles. The second kappa shape index (κ2) is 9.55. The van der Waals surface area contributed by atoms with Crippen molar-refractivity contribution in [3.8, 4) is 5.69 Å². The highest BCUT2D eigenvalue weighted by atomic mass is 35.5. The number of carbonyl (C=O) groups excluding carboxylic acids is 1. The van der Waals surface area contributed by atoms with Crippen LogP contribution in [0, 0.1) is 5.82 Å². The van der Waals surface area contributed by atoms with Crippen LogP contribution < -0.4 is 16.4 Å². The van der Waals surface area contributed by atoms with Crippen LogP contribution in [0.3, 0.4) is 0 Å². The Hall–Kier alpha value is -3.49. The highest BCUT2D eigenvalue weighted by Gasteiger charge is 2.08. The number of pyridine rings is 1. The molecular weight excluding hydrogens is 437 g/mol. The van der Waals surface area contributed by atoms with Gasteiger partial charge in [-0.3, -0.25) is 4.79 Å². The van der Waals surface area contributed by atoms with Gasteiger partial charge in [-0.05, 0) is 66.3 Å². The molecule has 0 aliphatic rings. The third-order valence-corrected chi connectivity index (χ3v) is 4.79. The number of halogens is 2. The lowest BCUT2D eigenvalue weighted by Gasteiger charge is -2.11. The summed E-state index contributed by atoms with van der Waals surface area (Å²) < 4.78 is 15.0. The minimum atomic E-state index is -0.340. The number of anilines is 2. The lowest BCUT2D eigenvalue weighted by molar-refractivity contribution is -0.119. The van der Waals surface area contributed by atoms with Crippen LogP contribution in [0.2, 0.25) is 0 Å². The number of amides is 1. The first kappa shape index (κ1) is 22.2. The summed E-state index contributed by atoms with van der Waals surface area (Å²) in [4.78, 5) is 16.2. The maximum atomic E-state index is 12.9. The van der Waals surface area contributed by atoms with E-state index in [1.807, 2.05) is 47.2 Å². The summed E-state index contributed by atoms with van der Waals surface area (Å²) in [6, 6.07) is 17.2. The lowest BCUT2D eigenvalue weighted by atomic mass is 10.1. The number of nitrogens with zero attached hydrogens (tertiary/aromatic N) is 2. The smallest absolute Gasteiger partial charge is 0.230 e. The van der Waals surface area contributed by atoms with E-state index in [2.05, 4.69) is 15.6 Å². The Morgan fingerprint density at radius 2 is 1.77 bits per heavy atom. The first-order valence-corrected chi connectivity index (χ1v) is 9.58. The van der Waals surface area contributed by atoms with E-state index < -0.39 is 0 Å². The fourth-order valence-electron chi connectivity index (χ4n) is 3.14. The van der Waals surface area contributed by atoms with Gasteiger partial charge in [-0.25, -0.2) is 9.37 Å². The zero-order valence-electron chi connectivity index (χ0n) is 16.2. The molecule has 0 atom stereocenters. The predicted molar refractivity (Wildman–Crippen MR) is 127 cm³/mol. The van der Waals surface area contributed by atoms with Gasteiger partial charge in [0.05, 0.1) is 11.9 Å². The van der Waals surface area contributed by atoms with Crippen LogP contribution in [0.4, 0.5) is 15.9 Å². The number of nitrogen functional groups attached to an aromatic ring is 1. The number of benzene rings is 2. The van der Waals surface area contributed by atoms with E-state index in [1.165, 1.54) is 12.1 Å². The molecule has 0 bridgehead atoms. The van der Waals surface area contributed by atoms with Crippen molar-refractivity contribution in [3.63, 3.8) is 0 Å². The molecule has 0 saturated carbocycles. The standard InChI is InChI=1S/C22H18FN5OS.ClH/c23-15-3-1-14(2-4-15)13-20(29)27-22(30)26-16-5-7-17(8-6-16)28-12-10-18-19(28)9-11-25-21(18)24;/h1-12H,13H2,(H2,24,25)(H2,26,27,29,30);1H. The van der Waals surface area contributed by atoms with Crippen molar-refractivity contribution in [3.05, 3.63) is 84.4 Å². The second-order valence-electron chi connectivity index (χ2n) is 6.67. The van der Waals surface area contributed by atoms with Crippen molar-refractivity contribution in [2.75, 3.05) is 11.1 Å². The minimum Gasteiger partial charge on any atom is -0.383 e. The second-order valence-corrected chi connectivity index (χ2v) is 7.08. The average molecular weight is 456 g/mol.